The molecule has 0 N–H and O–H groups in total. The summed E-state index contributed by atoms with van der Waals surface area (Å²) in [7, 11) is 3.47. The quantitative estimate of drug-likeness (QED) is 0.796. The number of carbonyl (C=O) groups excluding carboxylic acids is 2. The monoisotopic (exact) mass is 294 g/mol. The first-order valence-electron chi connectivity index (χ1n) is 6.66. The second-order valence-electron chi connectivity index (χ2n) is 5.36. The molecule has 1 aliphatic heterocycles. The van der Waals surface area contributed by atoms with Crippen LogP contribution >= 0.6 is 11.6 Å². The second-order valence-corrected chi connectivity index (χ2v) is 5.67. The Kier molecular flexibility index (Phi) is 4.65. The van der Waals surface area contributed by atoms with Crippen molar-refractivity contribution in [3.63, 3.8) is 0 Å². The van der Waals surface area contributed by atoms with Crippen LogP contribution in [0.15, 0.2) is 24.3 Å². The van der Waals surface area contributed by atoms with Crippen molar-refractivity contribution in [2.24, 2.45) is 5.92 Å². The lowest BCUT2D eigenvalue weighted by atomic mass is 10.1. The summed E-state index contributed by atoms with van der Waals surface area (Å²) in [5.74, 6) is 0.873. The van der Waals surface area contributed by atoms with Crippen LogP contribution < -0.4 is 4.90 Å². The zero-order valence-corrected chi connectivity index (χ0v) is 12.6. The predicted octanol–water partition coefficient (Wildman–Crippen LogP) is 1.91. The number of likely N-dealkylation sites (N-methyl/N-ethyl adjacent to an activating group) is 1. The van der Waals surface area contributed by atoms with Crippen LogP contribution in [0.4, 0.5) is 5.69 Å². The van der Waals surface area contributed by atoms with E-state index >= 15 is 0 Å². The lowest BCUT2D eigenvalue weighted by Crippen LogP contribution is -2.25. The molecule has 2 amide bonds. The number of benzene rings is 1. The van der Waals surface area contributed by atoms with Gasteiger partial charge < -0.3 is 9.80 Å². The largest absolute Gasteiger partial charge is 0.349 e. The highest BCUT2D eigenvalue weighted by molar-refractivity contribution is 6.18. The van der Waals surface area contributed by atoms with Gasteiger partial charge in [-0.15, -0.1) is 11.6 Å². The van der Waals surface area contributed by atoms with Crippen LogP contribution in [0.2, 0.25) is 0 Å². The van der Waals surface area contributed by atoms with Crippen molar-refractivity contribution in [1.29, 1.82) is 0 Å². The van der Waals surface area contributed by atoms with Gasteiger partial charge in [0.25, 0.3) is 0 Å². The zero-order valence-electron chi connectivity index (χ0n) is 11.8. The topological polar surface area (TPSA) is 40.6 Å². The van der Waals surface area contributed by atoms with Gasteiger partial charge in [-0.2, -0.15) is 0 Å². The fraction of sp³-hybridized carbons (Fsp3) is 0.467. The summed E-state index contributed by atoms with van der Waals surface area (Å²) in [5, 5.41) is 0. The average Bonchev–Trinajstić information content (AvgIpc) is 2.80. The van der Waals surface area contributed by atoms with E-state index in [1.54, 1.807) is 23.9 Å². The van der Waals surface area contributed by atoms with E-state index < -0.39 is 0 Å². The molecule has 0 aromatic heterocycles. The van der Waals surface area contributed by atoms with E-state index in [-0.39, 0.29) is 17.7 Å². The molecule has 20 heavy (non-hydrogen) atoms. The van der Waals surface area contributed by atoms with E-state index in [1.807, 2.05) is 24.3 Å². The van der Waals surface area contributed by atoms with Crippen LogP contribution in [0.3, 0.4) is 0 Å². The van der Waals surface area contributed by atoms with Crippen LogP contribution in [-0.4, -0.2) is 43.2 Å². The third-order valence-corrected chi connectivity index (χ3v) is 3.94. The molecule has 0 saturated carbocycles. The molecule has 2 rings (SSSR count). The minimum Gasteiger partial charge on any atom is -0.349 e. The maximum absolute atomic E-state index is 12.0. The molecule has 0 bridgehead atoms. The average molecular weight is 295 g/mol. The molecule has 1 atom stereocenters. The first kappa shape index (κ1) is 14.9. The molecule has 1 aromatic carbocycles. The van der Waals surface area contributed by atoms with E-state index in [2.05, 4.69) is 0 Å². The van der Waals surface area contributed by atoms with Crippen molar-refractivity contribution < 1.29 is 9.59 Å². The summed E-state index contributed by atoms with van der Waals surface area (Å²) in [6.07, 6.45) is 0.853. The van der Waals surface area contributed by atoms with Crippen LogP contribution in [-0.2, 0) is 16.0 Å². The van der Waals surface area contributed by atoms with Crippen LogP contribution in [0.5, 0.6) is 0 Å². The molecule has 1 unspecified atom stereocenters. The van der Waals surface area contributed by atoms with Gasteiger partial charge in [-0.05, 0) is 23.6 Å². The van der Waals surface area contributed by atoms with Crippen molar-refractivity contribution in [2.45, 2.75) is 12.8 Å². The third-order valence-electron chi connectivity index (χ3n) is 3.50. The Morgan fingerprint density at radius 1 is 1.45 bits per heavy atom. The van der Waals surface area contributed by atoms with Gasteiger partial charge in [0.05, 0.1) is 6.42 Å². The maximum Gasteiger partial charge on any atom is 0.227 e. The SMILES string of the molecule is CN(C)C(=O)Cc1cccc(N2CC(CCl)CC2=O)c1. The molecule has 5 heteroatoms. The van der Waals surface area contributed by atoms with Gasteiger partial charge in [-0.25, -0.2) is 0 Å². The molecule has 1 aromatic rings. The molecule has 1 heterocycles. The number of amides is 2. The first-order valence-corrected chi connectivity index (χ1v) is 7.20. The molecule has 0 aliphatic carbocycles. The van der Waals surface area contributed by atoms with Crippen LogP contribution in [0.25, 0.3) is 0 Å². The fourth-order valence-corrected chi connectivity index (χ4v) is 2.51. The van der Waals surface area contributed by atoms with E-state index in [0.29, 0.717) is 25.3 Å². The molecule has 108 valence electrons. The summed E-state index contributed by atoms with van der Waals surface area (Å²) < 4.78 is 0. The number of anilines is 1. The molecular weight excluding hydrogens is 276 g/mol. The summed E-state index contributed by atoms with van der Waals surface area (Å²) >= 11 is 5.83. The van der Waals surface area contributed by atoms with Crippen LogP contribution in [0.1, 0.15) is 12.0 Å². The smallest absolute Gasteiger partial charge is 0.227 e. The first-order chi connectivity index (χ1) is 9.51. The Morgan fingerprint density at radius 2 is 2.20 bits per heavy atom. The Hall–Kier alpha value is -1.55. The van der Waals surface area contributed by atoms with Crippen molar-refractivity contribution in [3.8, 4) is 0 Å². The van der Waals surface area contributed by atoms with Gasteiger partial charge in [0, 0.05) is 38.6 Å². The van der Waals surface area contributed by atoms with Gasteiger partial charge in [-0.3, -0.25) is 9.59 Å². The lowest BCUT2D eigenvalue weighted by molar-refractivity contribution is -0.128. The van der Waals surface area contributed by atoms with Crippen molar-refractivity contribution in [1.82, 2.24) is 4.90 Å². The van der Waals surface area contributed by atoms with E-state index in [9.17, 15) is 9.59 Å². The number of hydrogen-bond acceptors (Lipinski definition) is 2. The van der Waals surface area contributed by atoms with Crippen LogP contribution in [0, 0.1) is 5.92 Å². The van der Waals surface area contributed by atoms with Gasteiger partial charge in [0.15, 0.2) is 0 Å². The van der Waals surface area contributed by atoms with Gasteiger partial charge in [0.1, 0.15) is 0 Å². The maximum atomic E-state index is 12.0. The Balaban J connectivity index is 2.14. The standard InChI is InChI=1S/C15H19ClN2O2/c1-17(2)14(19)7-11-4-3-5-13(6-11)18-10-12(9-16)8-15(18)20/h3-6,12H,7-10H2,1-2H3. The summed E-state index contributed by atoms with van der Waals surface area (Å²) in [4.78, 5) is 27.0. The summed E-state index contributed by atoms with van der Waals surface area (Å²) in [5.41, 5.74) is 1.77. The Morgan fingerprint density at radius 3 is 2.80 bits per heavy atom. The number of rotatable bonds is 4. The molecule has 1 fully saturated rings. The van der Waals surface area contributed by atoms with Gasteiger partial charge in [-0.1, -0.05) is 12.1 Å². The number of carbonyl (C=O) groups is 2. The highest BCUT2D eigenvalue weighted by atomic mass is 35.5. The summed E-state index contributed by atoms with van der Waals surface area (Å²) in [6.45, 7) is 0.660. The lowest BCUT2D eigenvalue weighted by Gasteiger charge is -2.18. The normalized spacial score (nSPS) is 18.4. The zero-order chi connectivity index (χ0) is 14.7. The Bertz CT molecular complexity index is 516. The molecule has 4 nitrogen and oxygen atoms in total. The van der Waals surface area contributed by atoms with Crippen molar-refractivity contribution in [3.05, 3.63) is 29.8 Å². The molecular formula is C15H19ClN2O2. The second kappa shape index (κ2) is 6.27. The van der Waals surface area contributed by atoms with E-state index in [0.717, 1.165) is 11.3 Å². The van der Waals surface area contributed by atoms with Gasteiger partial charge in [0.2, 0.25) is 11.8 Å². The highest BCUT2D eigenvalue weighted by Crippen LogP contribution is 2.26. The van der Waals surface area contributed by atoms with Crippen molar-refractivity contribution >= 4 is 29.1 Å². The number of halogens is 1. The minimum atomic E-state index is 0.0496. The molecule has 0 radical (unpaired) electrons. The van der Waals surface area contributed by atoms with E-state index in [4.69, 9.17) is 11.6 Å². The number of alkyl halides is 1. The number of nitrogens with zero attached hydrogens (tertiary/aromatic N) is 2. The third kappa shape index (κ3) is 3.31. The number of hydrogen-bond donors (Lipinski definition) is 0. The molecule has 0 spiro atoms. The fourth-order valence-electron chi connectivity index (χ4n) is 2.30. The van der Waals surface area contributed by atoms with E-state index in [1.165, 1.54) is 0 Å². The predicted molar refractivity (Wildman–Crippen MR) is 80.0 cm³/mol. The minimum absolute atomic E-state index is 0.0496. The molecule has 1 saturated heterocycles. The van der Waals surface area contributed by atoms with Gasteiger partial charge >= 0.3 is 0 Å². The molecule has 1 aliphatic rings. The van der Waals surface area contributed by atoms with Crippen molar-refractivity contribution in [2.75, 3.05) is 31.4 Å². The summed E-state index contributed by atoms with van der Waals surface area (Å²) in [6, 6.07) is 7.60. The highest BCUT2D eigenvalue weighted by Gasteiger charge is 2.29. The Labute approximate surface area is 124 Å².